The molecule has 0 amide bonds. The number of piperidine rings is 1. The summed E-state index contributed by atoms with van der Waals surface area (Å²) < 4.78 is 0. The molecule has 0 N–H and O–H groups in total. The molecule has 3 heterocycles. The van der Waals surface area contributed by atoms with Crippen molar-refractivity contribution in [2.45, 2.75) is 26.2 Å². The van der Waals surface area contributed by atoms with Crippen LogP contribution in [0.25, 0.3) is 10.2 Å². The third-order valence-electron chi connectivity index (χ3n) is 3.09. The first kappa shape index (κ1) is 10.0. The van der Waals surface area contributed by atoms with Gasteiger partial charge in [0.15, 0.2) is 0 Å². The molecule has 2 aromatic rings. The number of aromatic nitrogens is 2. The topological polar surface area (TPSA) is 29.0 Å². The van der Waals surface area contributed by atoms with Gasteiger partial charge in [0.2, 0.25) is 0 Å². The van der Waals surface area contributed by atoms with Gasteiger partial charge in [-0.05, 0) is 32.3 Å². The summed E-state index contributed by atoms with van der Waals surface area (Å²) in [7, 11) is 0. The lowest BCUT2D eigenvalue weighted by molar-refractivity contribution is 0.574. The molecule has 3 rings (SSSR count). The van der Waals surface area contributed by atoms with Crippen molar-refractivity contribution < 1.29 is 0 Å². The fourth-order valence-electron chi connectivity index (χ4n) is 2.32. The highest BCUT2D eigenvalue weighted by Crippen LogP contribution is 2.30. The third kappa shape index (κ3) is 1.67. The van der Waals surface area contributed by atoms with Gasteiger partial charge in [-0.25, -0.2) is 9.97 Å². The second-order valence-electron chi connectivity index (χ2n) is 4.32. The number of hydrogen-bond acceptors (Lipinski definition) is 4. The van der Waals surface area contributed by atoms with Gasteiger partial charge < -0.3 is 4.90 Å². The normalized spacial score (nSPS) is 16.9. The average molecular weight is 233 g/mol. The molecule has 4 heteroatoms. The Kier molecular flexibility index (Phi) is 2.52. The van der Waals surface area contributed by atoms with Crippen molar-refractivity contribution >= 4 is 27.4 Å². The van der Waals surface area contributed by atoms with E-state index in [4.69, 9.17) is 0 Å². The quantitative estimate of drug-likeness (QED) is 0.758. The zero-order valence-corrected chi connectivity index (χ0v) is 10.3. The fraction of sp³-hybridized carbons (Fsp3) is 0.500. The molecule has 0 bridgehead atoms. The van der Waals surface area contributed by atoms with Crippen molar-refractivity contribution in [3.8, 4) is 0 Å². The predicted molar refractivity (Wildman–Crippen MR) is 68.2 cm³/mol. The molecule has 1 aliphatic rings. The van der Waals surface area contributed by atoms with Gasteiger partial charge in [0.05, 0.1) is 5.39 Å². The lowest BCUT2D eigenvalue weighted by Crippen LogP contribution is -2.30. The van der Waals surface area contributed by atoms with E-state index in [9.17, 15) is 0 Å². The maximum absolute atomic E-state index is 4.47. The Morgan fingerprint density at radius 3 is 2.81 bits per heavy atom. The molecule has 3 nitrogen and oxygen atoms in total. The van der Waals surface area contributed by atoms with E-state index in [0.717, 1.165) is 23.7 Å². The van der Waals surface area contributed by atoms with Crippen LogP contribution in [0.1, 0.15) is 24.1 Å². The molecule has 0 aliphatic carbocycles. The molecule has 1 fully saturated rings. The SMILES string of the molecule is Cc1cc2c(N3CCCCC3)ncnc2s1. The summed E-state index contributed by atoms with van der Waals surface area (Å²) >= 11 is 1.75. The Hall–Kier alpha value is -1.16. The molecule has 0 spiro atoms. The molecular formula is C12H15N3S. The molecule has 1 aliphatic heterocycles. The van der Waals surface area contributed by atoms with Gasteiger partial charge in [-0.2, -0.15) is 0 Å². The van der Waals surface area contributed by atoms with Gasteiger partial charge in [0.25, 0.3) is 0 Å². The number of nitrogens with zero attached hydrogens (tertiary/aromatic N) is 3. The van der Waals surface area contributed by atoms with Crippen LogP contribution in [0.4, 0.5) is 5.82 Å². The average Bonchev–Trinajstić information content (AvgIpc) is 2.70. The highest BCUT2D eigenvalue weighted by atomic mass is 32.1. The molecule has 0 radical (unpaired) electrons. The van der Waals surface area contributed by atoms with Gasteiger partial charge in [0, 0.05) is 18.0 Å². The minimum Gasteiger partial charge on any atom is -0.356 e. The van der Waals surface area contributed by atoms with Gasteiger partial charge in [-0.1, -0.05) is 0 Å². The molecule has 0 unspecified atom stereocenters. The highest BCUT2D eigenvalue weighted by molar-refractivity contribution is 7.18. The minimum atomic E-state index is 1.12. The standard InChI is InChI=1S/C12H15N3S/c1-9-7-10-11(13-8-14-12(10)16-9)15-5-3-2-4-6-15/h7-8H,2-6H2,1H3. The van der Waals surface area contributed by atoms with E-state index in [1.807, 2.05) is 0 Å². The van der Waals surface area contributed by atoms with Gasteiger partial charge >= 0.3 is 0 Å². The summed E-state index contributed by atoms with van der Waals surface area (Å²) in [5.41, 5.74) is 0. The first-order valence-corrected chi connectivity index (χ1v) is 6.62. The van der Waals surface area contributed by atoms with Crippen molar-refractivity contribution in [2.75, 3.05) is 18.0 Å². The Bertz CT molecular complexity index is 500. The Morgan fingerprint density at radius 2 is 2.00 bits per heavy atom. The van der Waals surface area contributed by atoms with Crippen LogP contribution in [0.2, 0.25) is 0 Å². The van der Waals surface area contributed by atoms with E-state index >= 15 is 0 Å². The first-order valence-electron chi connectivity index (χ1n) is 5.81. The van der Waals surface area contributed by atoms with E-state index in [1.54, 1.807) is 17.7 Å². The van der Waals surface area contributed by atoms with E-state index < -0.39 is 0 Å². The zero-order valence-electron chi connectivity index (χ0n) is 9.44. The smallest absolute Gasteiger partial charge is 0.140 e. The molecule has 1 saturated heterocycles. The van der Waals surface area contributed by atoms with Gasteiger partial charge in [-0.3, -0.25) is 0 Å². The van der Waals surface area contributed by atoms with Crippen LogP contribution in [0.5, 0.6) is 0 Å². The zero-order chi connectivity index (χ0) is 11.0. The fourth-order valence-corrected chi connectivity index (χ4v) is 3.16. The number of hydrogen-bond donors (Lipinski definition) is 0. The Balaban J connectivity index is 2.07. The molecule has 16 heavy (non-hydrogen) atoms. The number of fused-ring (bicyclic) bond motifs is 1. The lowest BCUT2D eigenvalue weighted by Gasteiger charge is -2.27. The van der Waals surface area contributed by atoms with Crippen molar-refractivity contribution in [1.29, 1.82) is 0 Å². The number of anilines is 1. The van der Waals surface area contributed by atoms with E-state index in [1.165, 1.54) is 29.5 Å². The molecule has 0 atom stereocenters. The van der Waals surface area contributed by atoms with E-state index in [-0.39, 0.29) is 0 Å². The van der Waals surface area contributed by atoms with Crippen LogP contribution < -0.4 is 4.90 Å². The van der Waals surface area contributed by atoms with Gasteiger partial charge in [-0.15, -0.1) is 11.3 Å². The van der Waals surface area contributed by atoms with Gasteiger partial charge in [0.1, 0.15) is 17.0 Å². The predicted octanol–water partition coefficient (Wildman–Crippen LogP) is 2.99. The number of rotatable bonds is 1. The first-order chi connectivity index (χ1) is 7.84. The monoisotopic (exact) mass is 233 g/mol. The van der Waals surface area contributed by atoms with Crippen LogP contribution in [0, 0.1) is 6.92 Å². The van der Waals surface area contributed by atoms with Crippen molar-refractivity contribution in [3.05, 3.63) is 17.3 Å². The molecule has 84 valence electrons. The lowest BCUT2D eigenvalue weighted by atomic mass is 10.1. The van der Waals surface area contributed by atoms with Crippen LogP contribution in [-0.2, 0) is 0 Å². The molecule has 2 aromatic heterocycles. The largest absolute Gasteiger partial charge is 0.356 e. The summed E-state index contributed by atoms with van der Waals surface area (Å²) in [5.74, 6) is 1.13. The van der Waals surface area contributed by atoms with Crippen LogP contribution >= 0.6 is 11.3 Å². The van der Waals surface area contributed by atoms with Crippen LogP contribution in [0.3, 0.4) is 0 Å². The summed E-state index contributed by atoms with van der Waals surface area (Å²) in [6.07, 6.45) is 5.62. The van der Waals surface area contributed by atoms with E-state index in [0.29, 0.717) is 0 Å². The van der Waals surface area contributed by atoms with Crippen LogP contribution in [0.15, 0.2) is 12.4 Å². The molecular weight excluding hydrogens is 218 g/mol. The second kappa shape index (κ2) is 4.01. The molecule has 0 saturated carbocycles. The van der Waals surface area contributed by atoms with Crippen LogP contribution in [-0.4, -0.2) is 23.1 Å². The minimum absolute atomic E-state index is 1.12. The summed E-state index contributed by atoms with van der Waals surface area (Å²) in [6.45, 7) is 4.41. The summed E-state index contributed by atoms with van der Waals surface area (Å²) in [4.78, 5) is 13.6. The second-order valence-corrected chi connectivity index (χ2v) is 5.56. The maximum atomic E-state index is 4.47. The van der Waals surface area contributed by atoms with Crippen molar-refractivity contribution in [1.82, 2.24) is 9.97 Å². The number of aryl methyl sites for hydroxylation is 1. The third-order valence-corrected chi connectivity index (χ3v) is 4.05. The summed E-state index contributed by atoms with van der Waals surface area (Å²) in [6, 6.07) is 2.21. The van der Waals surface area contributed by atoms with Crippen molar-refractivity contribution in [2.24, 2.45) is 0 Å². The Morgan fingerprint density at radius 1 is 1.19 bits per heavy atom. The van der Waals surface area contributed by atoms with Crippen molar-refractivity contribution in [3.63, 3.8) is 0 Å². The van der Waals surface area contributed by atoms with E-state index in [2.05, 4.69) is 27.9 Å². The molecule has 0 aromatic carbocycles. The highest BCUT2D eigenvalue weighted by Gasteiger charge is 2.16. The number of thiophene rings is 1. The summed E-state index contributed by atoms with van der Waals surface area (Å²) in [5, 5.41) is 1.23. The maximum Gasteiger partial charge on any atom is 0.140 e. The Labute approximate surface area is 99.1 Å².